The highest BCUT2D eigenvalue weighted by Gasteiger charge is 2.19. The van der Waals surface area contributed by atoms with Crippen molar-refractivity contribution < 1.29 is 19.5 Å². The molecule has 0 spiro atoms. The molecule has 0 radical (unpaired) electrons. The van der Waals surface area contributed by atoms with Crippen LogP contribution in [0.25, 0.3) is 0 Å². The molecule has 0 unspecified atom stereocenters. The van der Waals surface area contributed by atoms with Crippen LogP contribution in [-0.2, 0) is 14.4 Å². The minimum atomic E-state index is -0.905. The minimum absolute atomic E-state index is 0.0746. The van der Waals surface area contributed by atoms with Crippen LogP contribution in [0.3, 0.4) is 0 Å². The average Bonchev–Trinajstić information content (AvgIpc) is 2.42. The minimum Gasteiger partial charge on any atom is -0.480 e. The van der Waals surface area contributed by atoms with Crippen molar-refractivity contribution in [3.05, 3.63) is 0 Å². The number of nitrogens with zero attached hydrogens (tertiary/aromatic N) is 3. The second kappa shape index (κ2) is 8.55. The van der Waals surface area contributed by atoms with E-state index in [1.54, 1.807) is 4.90 Å². The predicted molar refractivity (Wildman–Crippen MR) is 75.3 cm³/mol. The molecule has 0 aromatic heterocycles. The van der Waals surface area contributed by atoms with Gasteiger partial charge in [0.2, 0.25) is 11.8 Å². The van der Waals surface area contributed by atoms with E-state index >= 15 is 0 Å². The summed E-state index contributed by atoms with van der Waals surface area (Å²) in [5, 5.41) is 8.90. The third kappa shape index (κ3) is 7.59. The summed E-state index contributed by atoms with van der Waals surface area (Å²) in [6.45, 7) is 3.50. The van der Waals surface area contributed by atoms with Gasteiger partial charge in [-0.25, -0.2) is 0 Å². The molecule has 0 aromatic rings. The highest BCUT2D eigenvalue weighted by atomic mass is 16.4. The van der Waals surface area contributed by atoms with Crippen molar-refractivity contribution in [1.82, 2.24) is 14.7 Å². The molecule has 1 aliphatic heterocycles. The van der Waals surface area contributed by atoms with E-state index in [0.717, 1.165) is 0 Å². The van der Waals surface area contributed by atoms with Gasteiger partial charge in [-0.2, -0.15) is 0 Å². The highest BCUT2D eigenvalue weighted by Crippen LogP contribution is 2.00. The lowest BCUT2D eigenvalue weighted by atomic mass is 10.4. The molecule has 9 heteroatoms. The number of primary amides is 2. The van der Waals surface area contributed by atoms with Crippen LogP contribution < -0.4 is 11.5 Å². The molecule has 1 fully saturated rings. The summed E-state index contributed by atoms with van der Waals surface area (Å²) in [5.41, 5.74) is 10.4. The van der Waals surface area contributed by atoms with Gasteiger partial charge in [-0.3, -0.25) is 29.1 Å². The summed E-state index contributed by atoms with van der Waals surface area (Å²) >= 11 is 0. The number of nitrogens with two attached hydrogens (primary N) is 2. The zero-order chi connectivity index (χ0) is 15.8. The number of carboxylic acids is 1. The van der Waals surface area contributed by atoms with Gasteiger partial charge in [0, 0.05) is 39.3 Å². The number of carboxylic acid groups (broad SMARTS) is 1. The molecule has 1 saturated heterocycles. The summed E-state index contributed by atoms with van der Waals surface area (Å²) < 4.78 is 0. The number of carbonyl (C=O) groups excluding carboxylic acids is 2. The molecule has 120 valence electrons. The van der Waals surface area contributed by atoms with Crippen molar-refractivity contribution in [2.45, 2.75) is 0 Å². The van der Waals surface area contributed by atoms with Crippen LogP contribution in [0.15, 0.2) is 0 Å². The molecule has 0 saturated carbocycles. The monoisotopic (exact) mass is 301 g/mol. The summed E-state index contributed by atoms with van der Waals surface area (Å²) in [6, 6.07) is 0. The second-order valence-corrected chi connectivity index (χ2v) is 5.15. The Bertz CT molecular complexity index is 321. The summed E-state index contributed by atoms with van der Waals surface area (Å²) in [6.07, 6.45) is 0. The number of aliphatic carboxylic acids is 1. The van der Waals surface area contributed by atoms with Crippen LogP contribution in [-0.4, -0.2) is 96.5 Å². The molecule has 9 nitrogen and oxygen atoms in total. The molecule has 21 heavy (non-hydrogen) atoms. The maximum atomic E-state index is 11.1. The van der Waals surface area contributed by atoms with Crippen molar-refractivity contribution in [3.63, 3.8) is 0 Å². The molecule has 1 aliphatic rings. The van der Waals surface area contributed by atoms with Gasteiger partial charge < -0.3 is 16.6 Å². The van der Waals surface area contributed by atoms with E-state index in [2.05, 4.69) is 0 Å². The smallest absolute Gasteiger partial charge is 0.317 e. The van der Waals surface area contributed by atoms with Crippen LogP contribution in [0.1, 0.15) is 0 Å². The van der Waals surface area contributed by atoms with E-state index in [-0.39, 0.29) is 19.6 Å². The molecule has 1 heterocycles. The van der Waals surface area contributed by atoms with Crippen molar-refractivity contribution in [3.8, 4) is 0 Å². The first-order valence-corrected chi connectivity index (χ1v) is 6.82. The SMILES string of the molecule is NC(=O)CN1CCN(CC(N)=O)CCN(CC(=O)O)CC1. The maximum Gasteiger partial charge on any atom is 0.317 e. The van der Waals surface area contributed by atoms with E-state index < -0.39 is 17.8 Å². The fraction of sp³-hybridized carbons (Fsp3) is 0.750. The van der Waals surface area contributed by atoms with E-state index in [0.29, 0.717) is 39.3 Å². The third-order valence-electron chi connectivity index (χ3n) is 3.32. The van der Waals surface area contributed by atoms with Crippen LogP contribution in [0, 0.1) is 0 Å². The first-order chi connectivity index (χ1) is 9.86. The Morgan fingerprint density at radius 1 is 0.714 bits per heavy atom. The van der Waals surface area contributed by atoms with E-state index in [9.17, 15) is 14.4 Å². The largest absolute Gasteiger partial charge is 0.480 e. The van der Waals surface area contributed by atoms with Crippen LogP contribution >= 0.6 is 0 Å². The van der Waals surface area contributed by atoms with E-state index in [1.807, 2.05) is 9.80 Å². The summed E-state index contributed by atoms with van der Waals surface area (Å²) in [4.78, 5) is 38.5. The van der Waals surface area contributed by atoms with E-state index in [1.165, 1.54) is 0 Å². The lowest BCUT2D eigenvalue weighted by Gasteiger charge is -2.23. The maximum absolute atomic E-state index is 11.1. The molecule has 0 aromatic carbocycles. The summed E-state index contributed by atoms with van der Waals surface area (Å²) in [5.74, 6) is -1.77. The lowest BCUT2D eigenvalue weighted by molar-refractivity contribution is -0.138. The van der Waals surface area contributed by atoms with Crippen molar-refractivity contribution in [1.29, 1.82) is 0 Å². The zero-order valence-corrected chi connectivity index (χ0v) is 12.0. The Morgan fingerprint density at radius 2 is 1.00 bits per heavy atom. The van der Waals surface area contributed by atoms with Gasteiger partial charge in [-0.15, -0.1) is 0 Å². The number of hydrogen-bond acceptors (Lipinski definition) is 6. The van der Waals surface area contributed by atoms with Gasteiger partial charge in [0.15, 0.2) is 0 Å². The number of carbonyl (C=O) groups is 3. The summed E-state index contributed by atoms with van der Waals surface area (Å²) in [7, 11) is 0. The molecule has 2 amide bonds. The van der Waals surface area contributed by atoms with Gasteiger partial charge in [0.05, 0.1) is 19.6 Å². The number of amides is 2. The Labute approximate surface area is 123 Å². The molecule has 1 rings (SSSR count). The fourth-order valence-electron chi connectivity index (χ4n) is 2.29. The quantitative estimate of drug-likeness (QED) is 0.475. The van der Waals surface area contributed by atoms with Crippen molar-refractivity contribution >= 4 is 17.8 Å². The van der Waals surface area contributed by atoms with Crippen molar-refractivity contribution in [2.75, 3.05) is 58.9 Å². The average molecular weight is 301 g/mol. The topological polar surface area (TPSA) is 133 Å². The van der Waals surface area contributed by atoms with Crippen LogP contribution in [0.4, 0.5) is 0 Å². The third-order valence-corrected chi connectivity index (χ3v) is 3.32. The molecular formula is C12H23N5O4. The Hall–Kier alpha value is -1.71. The first-order valence-electron chi connectivity index (χ1n) is 6.82. The van der Waals surface area contributed by atoms with Gasteiger partial charge in [-0.05, 0) is 0 Å². The highest BCUT2D eigenvalue weighted by molar-refractivity contribution is 5.76. The predicted octanol–water partition coefficient (Wildman–Crippen LogP) is -3.04. The van der Waals surface area contributed by atoms with Crippen LogP contribution in [0.2, 0.25) is 0 Å². The van der Waals surface area contributed by atoms with E-state index in [4.69, 9.17) is 16.6 Å². The Balaban J connectivity index is 2.68. The van der Waals surface area contributed by atoms with Gasteiger partial charge in [0.1, 0.15) is 0 Å². The molecule has 0 bridgehead atoms. The standard InChI is InChI=1S/C12H23N5O4/c13-10(18)7-15-1-2-16(8-11(14)19)4-6-17(5-3-15)9-12(20)21/h1-9H2,(H2,13,18)(H2,14,19)(H,20,21). The molecule has 0 aliphatic carbocycles. The van der Waals surface area contributed by atoms with Crippen LogP contribution in [0.5, 0.6) is 0 Å². The Morgan fingerprint density at radius 3 is 1.24 bits per heavy atom. The number of rotatable bonds is 6. The second-order valence-electron chi connectivity index (χ2n) is 5.15. The van der Waals surface area contributed by atoms with Gasteiger partial charge >= 0.3 is 5.97 Å². The van der Waals surface area contributed by atoms with Gasteiger partial charge in [-0.1, -0.05) is 0 Å². The lowest BCUT2D eigenvalue weighted by Crippen LogP contribution is -2.42. The Kier molecular flexibility index (Phi) is 7.06. The molecule has 0 atom stereocenters. The normalized spacial score (nSPS) is 19.4. The first kappa shape index (κ1) is 17.3. The van der Waals surface area contributed by atoms with Crippen molar-refractivity contribution in [2.24, 2.45) is 11.5 Å². The van der Waals surface area contributed by atoms with Gasteiger partial charge in [0.25, 0.3) is 0 Å². The zero-order valence-electron chi connectivity index (χ0n) is 12.0. The number of hydrogen-bond donors (Lipinski definition) is 3. The molecular weight excluding hydrogens is 278 g/mol. The molecule has 5 N–H and O–H groups in total. The fourth-order valence-corrected chi connectivity index (χ4v) is 2.29.